The van der Waals surface area contributed by atoms with Crippen molar-refractivity contribution in [3.63, 3.8) is 0 Å². The Bertz CT molecular complexity index is 1170. The number of thiophene rings is 1. The fraction of sp³-hybridized carbons (Fsp3) is 0.409. The van der Waals surface area contributed by atoms with Crippen molar-refractivity contribution < 1.29 is 9.53 Å². The average molecular weight is 459 g/mol. The van der Waals surface area contributed by atoms with Gasteiger partial charge in [-0.25, -0.2) is 4.98 Å². The first-order valence-electron chi connectivity index (χ1n) is 10.4. The van der Waals surface area contributed by atoms with Gasteiger partial charge in [-0.15, -0.1) is 11.3 Å². The van der Waals surface area contributed by atoms with Crippen LogP contribution in [0.2, 0.25) is 0 Å². The highest BCUT2D eigenvalue weighted by atomic mass is 32.2. The van der Waals surface area contributed by atoms with Gasteiger partial charge in [0.25, 0.3) is 5.56 Å². The highest BCUT2D eigenvalue weighted by Crippen LogP contribution is 2.34. The summed E-state index contributed by atoms with van der Waals surface area (Å²) in [7, 11) is 1.60. The molecule has 0 radical (unpaired) electrons. The summed E-state index contributed by atoms with van der Waals surface area (Å²) >= 11 is 2.88. The van der Waals surface area contributed by atoms with Gasteiger partial charge >= 0.3 is 0 Å². The number of benzene rings is 1. The first-order chi connectivity index (χ1) is 15.0. The molecule has 164 valence electrons. The number of fused-ring (bicyclic) bond motifs is 3. The minimum absolute atomic E-state index is 0.0805. The summed E-state index contributed by atoms with van der Waals surface area (Å²) in [4.78, 5) is 35.0. The van der Waals surface area contributed by atoms with Gasteiger partial charge in [0.1, 0.15) is 10.6 Å². The van der Waals surface area contributed by atoms with Crippen LogP contribution in [0, 0.1) is 0 Å². The van der Waals surface area contributed by atoms with Gasteiger partial charge < -0.3 is 10.1 Å². The summed E-state index contributed by atoms with van der Waals surface area (Å²) in [6.45, 7) is 7.40. The third-order valence-electron chi connectivity index (χ3n) is 5.39. The molecule has 4 rings (SSSR count). The molecule has 3 heterocycles. The number of amides is 1. The van der Waals surface area contributed by atoms with Crippen molar-refractivity contribution in [2.75, 3.05) is 32.5 Å². The van der Waals surface area contributed by atoms with Gasteiger partial charge in [0.2, 0.25) is 5.91 Å². The number of carbonyl (C=O) groups excluding carboxylic acids is 1. The molecule has 3 aromatic rings. The molecule has 1 aromatic carbocycles. The summed E-state index contributed by atoms with van der Waals surface area (Å²) in [6.07, 6.45) is 0.851. The Kier molecular flexibility index (Phi) is 6.64. The van der Waals surface area contributed by atoms with E-state index in [2.05, 4.69) is 17.1 Å². The molecular weight excluding hydrogens is 432 g/mol. The van der Waals surface area contributed by atoms with Gasteiger partial charge in [0.15, 0.2) is 5.16 Å². The van der Waals surface area contributed by atoms with E-state index in [9.17, 15) is 9.59 Å². The van der Waals surface area contributed by atoms with Crippen LogP contribution in [0.1, 0.15) is 24.3 Å². The van der Waals surface area contributed by atoms with Gasteiger partial charge in [0.05, 0.1) is 23.9 Å². The van der Waals surface area contributed by atoms with Gasteiger partial charge in [-0.05, 0) is 37.6 Å². The van der Waals surface area contributed by atoms with Crippen LogP contribution in [0.5, 0.6) is 5.75 Å². The molecule has 1 amide bonds. The fourth-order valence-corrected chi connectivity index (χ4v) is 5.94. The van der Waals surface area contributed by atoms with E-state index >= 15 is 0 Å². The van der Waals surface area contributed by atoms with Crippen molar-refractivity contribution in [2.45, 2.75) is 32.0 Å². The Morgan fingerprint density at radius 1 is 1.35 bits per heavy atom. The minimum Gasteiger partial charge on any atom is -0.497 e. The number of hydrogen-bond acceptors (Lipinski definition) is 7. The van der Waals surface area contributed by atoms with Crippen LogP contribution < -0.4 is 15.6 Å². The predicted molar refractivity (Wildman–Crippen MR) is 126 cm³/mol. The number of aromatic nitrogens is 2. The van der Waals surface area contributed by atoms with E-state index in [4.69, 9.17) is 9.72 Å². The third-order valence-corrected chi connectivity index (χ3v) is 7.44. The summed E-state index contributed by atoms with van der Waals surface area (Å²) in [6, 6.07) is 7.38. The van der Waals surface area contributed by atoms with E-state index in [-0.39, 0.29) is 17.2 Å². The molecule has 0 saturated carbocycles. The van der Waals surface area contributed by atoms with Crippen LogP contribution in [-0.4, -0.2) is 52.9 Å². The second-order valence-electron chi connectivity index (χ2n) is 7.28. The van der Waals surface area contributed by atoms with Gasteiger partial charge in [-0.2, -0.15) is 0 Å². The Morgan fingerprint density at radius 3 is 2.94 bits per heavy atom. The van der Waals surface area contributed by atoms with Crippen molar-refractivity contribution in [1.29, 1.82) is 0 Å². The summed E-state index contributed by atoms with van der Waals surface area (Å²) < 4.78 is 6.98. The number of rotatable bonds is 7. The summed E-state index contributed by atoms with van der Waals surface area (Å²) in [5.41, 5.74) is 1.72. The maximum Gasteiger partial charge on any atom is 0.267 e. The molecular formula is C22H26N4O3S2. The average Bonchev–Trinajstić information content (AvgIpc) is 3.15. The first-order valence-corrected chi connectivity index (χ1v) is 12.2. The van der Waals surface area contributed by atoms with E-state index < -0.39 is 0 Å². The number of thioether (sulfide) groups is 1. The second kappa shape index (κ2) is 9.42. The van der Waals surface area contributed by atoms with E-state index in [0.717, 1.165) is 36.4 Å². The Hall–Kier alpha value is -2.36. The number of hydrogen-bond donors (Lipinski definition) is 1. The van der Waals surface area contributed by atoms with Crippen LogP contribution in [0.25, 0.3) is 15.9 Å². The molecule has 9 heteroatoms. The molecule has 0 atom stereocenters. The molecule has 7 nitrogen and oxygen atoms in total. The van der Waals surface area contributed by atoms with Crippen LogP contribution in [0.3, 0.4) is 0 Å². The lowest BCUT2D eigenvalue weighted by Gasteiger charge is -2.25. The number of ether oxygens (including phenoxy) is 1. The van der Waals surface area contributed by atoms with Crippen molar-refractivity contribution in [1.82, 2.24) is 19.8 Å². The van der Waals surface area contributed by atoms with Crippen LogP contribution >= 0.6 is 23.1 Å². The SMILES string of the molecule is CCNC(=O)CSc1nc2sc3c(c2c(=O)n1-c1cccc(OC)c1)CCN(CC)C3. The molecule has 0 unspecified atom stereocenters. The van der Waals surface area contributed by atoms with Crippen LogP contribution in [0.4, 0.5) is 0 Å². The van der Waals surface area contributed by atoms with Crippen molar-refractivity contribution >= 4 is 39.2 Å². The quantitative estimate of drug-likeness (QED) is 0.433. The summed E-state index contributed by atoms with van der Waals surface area (Å²) in [5, 5.41) is 4.02. The van der Waals surface area contributed by atoms with Crippen molar-refractivity contribution in [3.05, 3.63) is 45.1 Å². The third kappa shape index (κ3) is 4.35. The lowest BCUT2D eigenvalue weighted by Crippen LogP contribution is -2.30. The topological polar surface area (TPSA) is 76.5 Å². The van der Waals surface area contributed by atoms with Crippen LogP contribution in [-0.2, 0) is 17.8 Å². The van der Waals surface area contributed by atoms with Gasteiger partial charge in [-0.1, -0.05) is 24.8 Å². The fourth-order valence-electron chi connectivity index (χ4n) is 3.80. The first kappa shape index (κ1) is 21.9. The number of methoxy groups -OCH3 is 1. The maximum absolute atomic E-state index is 13.8. The van der Waals surface area contributed by atoms with E-state index in [1.54, 1.807) is 23.0 Å². The zero-order valence-electron chi connectivity index (χ0n) is 17.9. The molecule has 0 aliphatic carbocycles. The largest absolute Gasteiger partial charge is 0.497 e. The second-order valence-corrected chi connectivity index (χ2v) is 9.31. The Labute approximate surface area is 189 Å². The van der Waals surface area contributed by atoms with Gasteiger partial charge in [-0.3, -0.25) is 19.1 Å². The minimum atomic E-state index is -0.0842. The number of carbonyl (C=O) groups is 1. The molecule has 0 saturated heterocycles. The standard InChI is InChI=1S/C22H26N4O3S2/c1-4-23-18(27)13-30-22-24-20-19(16-9-10-25(5-2)12-17(16)31-20)21(28)26(22)14-7-6-8-15(11-14)29-3/h6-8,11H,4-5,9-10,12-13H2,1-3H3,(H,23,27). The lowest BCUT2D eigenvalue weighted by molar-refractivity contribution is -0.118. The molecule has 0 fully saturated rings. The monoisotopic (exact) mass is 458 g/mol. The Morgan fingerprint density at radius 2 is 2.19 bits per heavy atom. The molecule has 0 spiro atoms. The van der Waals surface area contributed by atoms with Crippen molar-refractivity contribution in [3.8, 4) is 11.4 Å². The predicted octanol–water partition coefficient (Wildman–Crippen LogP) is 3.06. The number of nitrogens with zero attached hydrogens (tertiary/aromatic N) is 3. The number of likely N-dealkylation sites (N-methyl/N-ethyl adjacent to an activating group) is 1. The zero-order valence-corrected chi connectivity index (χ0v) is 19.6. The smallest absolute Gasteiger partial charge is 0.267 e. The highest BCUT2D eigenvalue weighted by Gasteiger charge is 2.25. The zero-order chi connectivity index (χ0) is 22.0. The summed E-state index contributed by atoms with van der Waals surface area (Å²) in [5.74, 6) is 0.781. The highest BCUT2D eigenvalue weighted by molar-refractivity contribution is 7.99. The molecule has 1 aliphatic rings. The normalized spacial score (nSPS) is 13.9. The van der Waals surface area contributed by atoms with E-state index in [1.807, 2.05) is 31.2 Å². The van der Waals surface area contributed by atoms with Crippen molar-refractivity contribution in [2.24, 2.45) is 0 Å². The Balaban J connectivity index is 1.87. The molecule has 0 bridgehead atoms. The molecule has 31 heavy (non-hydrogen) atoms. The molecule has 1 N–H and O–H groups in total. The van der Waals surface area contributed by atoms with Crippen LogP contribution in [0.15, 0.2) is 34.2 Å². The maximum atomic E-state index is 13.8. The van der Waals surface area contributed by atoms with E-state index in [0.29, 0.717) is 28.5 Å². The molecule has 2 aromatic heterocycles. The number of nitrogens with one attached hydrogen (secondary N) is 1. The van der Waals surface area contributed by atoms with E-state index in [1.165, 1.54) is 16.6 Å². The molecule has 1 aliphatic heterocycles. The van der Waals surface area contributed by atoms with Gasteiger partial charge in [0, 0.05) is 30.6 Å². The lowest BCUT2D eigenvalue weighted by atomic mass is 10.1.